The smallest absolute Gasteiger partial charge is 0.287 e. The van der Waals surface area contributed by atoms with E-state index in [0.717, 1.165) is 27.5 Å². The summed E-state index contributed by atoms with van der Waals surface area (Å²) in [5, 5.41) is 5.99. The lowest BCUT2D eigenvalue weighted by molar-refractivity contribution is 0.0921. The molecule has 0 atom stereocenters. The molecule has 0 radical (unpaired) electrons. The van der Waals surface area contributed by atoms with Gasteiger partial charge in [0.05, 0.1) is 6.54 Å². The molecule has 0 aliphatic carbocycles. The van der Waals surface area contributed by atoms with Gasteiger partial charge in [0.15, 0.2) is 5.76 Å². The fourth-order valence-electron chi connectivity index (χ4n) is 3.03. The Balaban J connectivity index is 1.42. The Kier molecular flexibility index (Phi) is 4.32. The molecular formula is C22H19NO3. The molecule has 0 aliphatic rings. The van der Waals surface area contributed by atoms with Crippen molar-refractivity contribution in [3.8, 4) is 5.75 Å². The van der Waals surface area contributed by atoms with E-state index in [2.05, 4.69) is 5.32 Å². The van der Waals surface area contributed by atoms with Crippen molar-refractivity contribution in [3.05, 3.63) is 78.1 Å². The van der Waals surface area contributed by atoms with E-state index < -0.39 is 0 Å². The second kappa shape index (κ2) is 6.92. The van der Waals surface area contributed by atoms with Crippen molar-refractivity contribution >= 4 is 27.6 Å². The highest BCUT2D eigenvalue weighted by Gasteiger charge is 2.13. The van der Waals surface area contributed by atoms with E-state index in [1.165, 1.54) is 0 Å². The van der Waals surface area contributed by atoms with Gasteiger partial charge in [-0.25, -0.2) is 0 Å². The van der Waals surface area contributed by atoms with E-state index >= 15 is 0 Å². The van der Waals surface area contributed by atoms with Gasteiger partial charge in [-0.1, -0.05) is 42.5 Å². The van der Waals surface area contributed by atoms with Crippen molar-refractivity contribution in [2.75, 3.05) is 13.2 Å². The van der Waals surface area contributed by atoms with Crippen LogP contribution in [0.15, 0.2) is 71.1 Å². The molecule has 1 aromatic heterocycles. The van der Waals surface area contributed by atoms with Crippen LogP contribution in [0.25, 0.3) is 21.7 Å². The number of nitrogens with one attached hydrogen (secondary N) is 1. The first-order valence-corrected chi connectivity index (χ1v) is 8.60. The average Bonchev–Trinajstić information content (AvgIpc) is 3.10. The number of benzene rings is 3. The van der Waals surface area contributed by atoms with E-state index in [9.17, 15) is 4.79 Å². The number of aryl methyl sites for hydroxylation is 1. The number of rotatable bonds is 5. The summed E-state index contributed by atoms with van der Waals surface area (Å²) < 4.78 is 11.4. The lowest BCUT2D eigenvalue weighted by atomic mass is 10.1. The monoisotopic (exact) mass is 345 g/mol. The van der Waals surface area contributed by atoms with Crippen LogP contribution in [0.5, 0.6) is 5.75 Å². The number of carbonyl (C=O) groups excluding carboxylic acids is 1. The van der Waals surface area contributed by atoms with Crippen LogP contribution in [0.4, 0.5) is 0 Å². The molecule has 4 rings (SSSR count). The molecule has 0 unspecified atom stereocenters. The Labute approximate surface area is 151 Å². The number of fused-ring (bicyclic) bond motifs is 3. The summed E-state index contributed by atoms with van der Waals surface area (Å²) in [4.78, 5) is 12.4. The first-order chi connectivity index (χ1) is 12.7. The van der Waals surface area contributed by atoms with Crippen LogP contribution in [-0.4, -0.2) is 19.1 Å². The van der Waals surface area contributed by atoms with E-state index in [1.54, 1.807) is 6.07 Å². The van der Waals surface area contributed by atoms with Gasteiger partial charge in [0.2, 0.25) is 0 Å². The third-order valence-corrected chi connectivity index (χ3v) is 4.30. The van der Waals surface area contributed by atoms with Crippen molar-refractivity contribution < 1.29 is 13.9 Å². The van der Waals surface area contributed by atoms with Crippen LogP contribution < -0.4 is 10.1 Å². The maximum atomic E-state index is 12.4. The standard InChI is InChI=1S/C22H19NO3/c1-15-5-4-7-17(13-15)25-12-11-23-22(24)21-14-19-18-8-3-2-6-16(18)9-10-20(19)26-21/h2-10,13-14H,11-12H2,1H3,(H,23,24). The summed E-state index contributed by atoms with van der Waals surface area (Å²) in [6.07, 6.45) is 0. The summed E-state index contributed by atoms with van der Waals surface area (Å²) in [5.74, 6) is 0.875. The van der Waals surface area contributed by atoms with Crippen LogP contribution >= 0.6 is 0 Å². The molecule has 0 fully saturated rings. The van der Waals surface area contributed by atoms with Gasteiger partial charge in [-0.15, -0.1) is 0 Å². The van der Waals surface area contributed by atoms with Crippen LogP contribution in [0.1, 0.15) is 16.1 Å². The largest absolute Gasteiger partial charge is 0.492 e. The highest BCUT2D eigenvalue weighted by atomic mass is 16.5. The highest BCUT2D eigenvalue weighted by Crippen LogP contribution is 2.28. The molecule has 0 bridgehead atoms. The molecule has 130 valence electrons. The average molecular weight is 345 g/mol. The molecule has 3 aromatic carbocycles. The van der Waals surface area contributed by atoms with Gasteiger partial charge in [0.1, 0.15) is 17.9 Å². The third-order valence-electron chi connectivity index (χ3n) is 4.30. The van der Waals surface area contributed by atoms with Crippen LogP contribution in [0.2, 0.25) is 0 Å². The zero-order chi connectivity index (χ0) is 17.9. The Morgan fingerprint density at radius 1 is 1.00 bits per heavy atom. The first kappa shape index (κ1) is 16.2. The number of amides is 1. The van der Waals surface area contributed by atoms with E-state index in [-0.39, 0.29) is 5.91 Å². The SMILES string of the molecule is Cc1cccc(OCCNC(=O)c2cc3c(ccc4ccccc43)o2)c1. The molecule has 0 aliphatic heterocycles. The summed E-state index contributed by atoms with van der Waals surface area (Å²) in [5.41, 5.74) is 1.85. The number of hydrogen-bond acceptors (Lipinski definition) is 3. The molecule has 1 heterocycles. The molecule has 1 amide bonds. The zero-order valence-corrected chi connectivity index (χ0v) is 14.5. The van der Waals surface area contributed by atoms with Crippen LogP contribution in [-0.2, 0) is 0 Å². The molecule has 0 saturated carbocycles. The molecule has 1 N–H and O–H groups in total. The molecule has 0 spiro atoms. The van der Waals surface area contributed by atoms with Gasteiger partial charge in [-0.2, -0.15) is 0 Å². The number of furan rings is 1. The van der Waals surface area contributed by atoms with Crippen LogP contribution in [0.3, 0.4) is 0 Å². The molecule has 4 aromatic rings. The number of ether oxygens (including phenoxy) is 1. The predicted molar refractivity (Wildman–Crippen MR) is 103 cm³/mol. The number of carbonyl (C=O) groups is 1. The summed E-state index contributed by atoms with van der Waals surface area (Å²) in [6, 6.07) is 21.6. The Bertz CT molecular complexity index is 1080. The summed E-state index contributed by atoms with van der Waals surface area (Å²) in [7, 11) is 0. The third kappa shape index (κ3) is 3.26. The van der Waals surface area contributed by atoms with Gasteiger partial charge in [-0.05, 0) is 47.5 Å². The van der Waals surface area contributed by atoms with Crippen molar-refractivity contribution in [2.45, 2.75) is 6.92 Å². The van der Waals surface area contributed by atoms with Crippen molar-refractivity contribution in [1.29, 1.82) is 0 Å². The normalized spacial score (nSPS) is 11.0. The fourth-order valence-corrected chi connectivity index (χ4v) is 3.03. The molecular weight excluding hydrogens is 326 g/mol. The second-order valence-electron chi connectivity index (χ2n) is 6.23. The molecule has 4 nitrogen and oxygen atoms in total. The topological polar surface area (TPSA) is 51.5 Å². The summed E-state index contributed by atoms with van der Waals surface area (Å²) in [6.45, 7) is 2.82. The zero-order valence-electron chi connectivity index (χ0n) is 14.5. The van der Waals surface area contributed by atoms with E-state index in [4.69, 9.17) is 9.15 Å². The van der Waals surface area contributed by atoms with Crippen molar-refractivity contribution in [2.24, 2.45) is 0 Å². The van der Waals surface area contributed by atoms with Gasteiger partial charge >= 0.3 is 0 Å². The van der Waals surface area contributed by atoms with Gasteiger partial charge in [-0.3, -0.25) is 4.79 Å². The Morgan fingerprint density at radius 2 is 1.88 bits per heavy atom. The Morgan fingerprint density at radius 3 is 2.77 bits per heavy atom. The summed E-state index contributed by atoms with van der Waals surface area (Å²) >= 11 is 0. The Hall–Kier alpha value is -3.27. The van der Waals surface area contributed by atoms with Crippen molar-refractivity contribution in [3.63, 3.8) is 0 Å². The van der Waals surface area contributed by atoms with E-state index in [0.29, 0.717) is 24.5 Å². The minimum atomic E-state index is -0.238. The molecule has 26 heavy (non-hydrogen) atoms. The highest BCUT2D eigenvalue weighted by molar-refractivity contribution is 6.08. The molecule has 4 heteroatoms. The van der Waals surface area contributed by atoms with E-state index in [1.807, 2.05) is 67.6 Å². The van der Waals surface area contributed by atoms with Crippen molar-refractivity contribution in [1.82, 2.24) is 5.32 Å². The van der Waals surface area contributed by atoms with Gasteiger partial charge in [0, 0.05) is 5.39 Å². The lowest BCUT2D eigenvalue weighted by Gasteiger charge is -2.07. The minimum absolute atomic E-state index is 0.238. The lowest BCUT2D eigenvalue weighted by Crippen LogP contribution is -2.27. The maximum absolute atomic E-state index is 12.4. The number of hydrogen-bond donors (Lipinski definition) is 1. The quantitative estimate of drug-likeness (QED) is 0.533. The minimum Gasteiger partial charge on any atom is -0.492 e. The fraction of sp³-hybridized carbons (Fsp3) is 0.136. The maximum Gasteiger partial charge on any atom is 0.287 e. The second-order valence-corrected chi connectivity index (χ2v) is 6.23. The van der Waals surface area contributed by atoms with Crippen LogP contribution in [0, 0.1) is 6.92 Å². The predicted octanol–water partition coefficient (Wildman–Crippen LogP) is 4.70. The molecule has 0 saturated heterocycles. The van der Waals surface area contributed by atoms with Gasteiger partial charge in [0.25, 0.3) is 5.91 Å². The van der Waals surface area contributed by atoms with Gasteiger partial charge < -0.3 is 14.5 Å². The first-order valence-electron chi connectivity index (χ1n) is 8.60.